The zero-order valence-corrected chi connectivity index (χ0v) is 10.6. The van der Waals surface area contributed by atoms with E-state index in [2.05, 4.69) is 10.1 Å². The molecule has 0 fully saturated rings. The minimum atomic E-state index is -2.08. The van der Waals surface area contributed by atoms with Crippen molar-refractivity contribution in [2.75, 3.05) is 0 Å². The maximum absolute atomic E-state index is 11.7. The smallest absolute Gasteiger partial charge is 0.331 e. The van der Waals surface area contributed by atoms with Crippen LogP contribution in [0.1, 0.15) is 6.92 Å². The molecule has 0 aliphatic rings. The van der Waals surface area contributed by atoms with Gasteiger partial charge in [-0.3, -0.25) is 4.79 Å². The normalized spacial score (nSPS) is 15.5. The lowest BCUT2D eigenvalue weighted by atomic mass is 10.00. The van der Waals surface area contributed by atoms with Gasteiger partial charge in [-0.15, -0.1) is 12.4 Å². The highest BCUT2D eigenvalue weighted by molar-refractivity contribution is 5.89. The summed E-state index contributed by atoms with van der Waals surface area (Å²) < 4.78 is 1.24. The largest absolute Gasteiger partial charge is 0.509 e. The molecule has 8 nitrogen and oxygen atoms in total. The van der Waals surface area contributed by atoms with Crippen LogP contribution in [0.5, 0.6) is 0 Å². The van der Waals surface area contributed by atoms with Crippen molar-refractivity contribution in [2.45, 2.75) is 12.5 Å². The monoisotopic (exact) mass is 286 g/mol. The van der Waals surface area contributed by atoms with E-state index in [-0.39, 0.29) is 23.3 Å². The third-order valence-electron chi connectivity index (χ3n) is 2.58. The first-order chi connectivity index (χ1) is 8.35. The van der Waals surface area contributed by atoms with Crippen LogP contribution in [0.25, 0.3) is 11.4 Å². The predicted molar refractivity (Wildman–Crippen MR) is 68.0 cm³/mol. The molecule has 0 saturated heterocycles. The first kappa shape index (κ1) is 14.9. The lowest BCUT2D eigenvalue weighted by Crippen LogP contribution is -2.50. The molecule has 0 amide bonds. The van der Waals surface area contributed by atoms with Gasteiger partial charge in [0.1, 0.15) is 17.3 Å². The molecule has 2 heterocycles. The van der Waals surface area contributed by atoms with Crippen molar-refractivity contribution in [3.63, 3.8) is 0 Å². The molecule has 0 spiro atoms. The van der Waals surface area contributed by atoms with Crippen LogP contribution in [0, 0.1) is 0 Å². The molecular weight excluding hydrogens is 276 g/mol. The number of aliphatic hydroxyl groups excluding tert-OH is 1. The summed E-state index contributed by atoms with van der Waals surface area (Å²) >= 11 is 0. The molecule has 0 aliphatic heterocycles. The van der Waals surface area contributed by atoms with E-state index in [4.69, 9.17) is 10.8 Å². The van der Waals surface area contributed by atoms with E-state index < -0.39 is 22.7 Å². The van der Waals surface area contributed by atoms with Crippen molar-refractivity contribution in [1.82, 2.24) is 14.6 Å². The van der Waals surface area contributed by atoms with Crippen molar-refractivity contribution >= 4 is 29.8 Å². The number of hydrogen-bond donors (Lipinski definition) is 3. The summed E-state index contributed by atoms with van der Waals surface area (Å²) in [6.45, 7) is 1.09. The van der Waals surface area contributed by atoms with Gasteiger partial charge >= 0.3 is 5.97 Å². The number of nitrogens with zero attached hydrogens (tertiary/aromatic N) is 3. The Morgan fingerprint density at radius 3 is 2.68 bits per heavy atom. The van der Waals surface area contributed by atoms with Gasteiger partial charge in [0.25, 0.3) is 0 Å². The Balaban J connectivity index is 0.00000180. The number of nitrogens with two attached hydrogens (primary N) is 1. The number of aliphatic hydroxyl groups is 1. The van der Waals surface area contributed by atoms with Crippen molar-refractivity contribution < 1.29 is 15.0 Å². The van der Waals surface area contributed by atoms with Gasteiger partial charge < -0.3 is 15.9 Å². The Hall–Kier alpha value is -2.19. The van der Waals surface area contributed by atoms with Crippen molar-refractivity contribution in [2.24, 2.45) is 5.73 Å². The van der Waals surface area contributed by atoms with Crippen LogP contribution in [-0.4, -0.2) is 36.3 Å². The second-order valence-electron chi connectivity index (χ2n) is 3.94. The zero-order chi connectivity index (χ0) is 13.5. The molecule has 102 valence electrons. The van der Waals surface area contributed by atoms with Crippen LogP contribution in [0.15, 0.2) is 23.4 Å². The molecule has 9 heteroatoms. The Morgan fingerprint density at radius 2 is 2.11 bits per heavy atom. The average molecular weight is 287 g/mol. The summed E-state index contributed by atoms with van der Waals surface area (Å²) in [4.78, 5) is 26.5. The number of fused-ring (bicyclic) bond motifs is 1. The summed E-state index contributed by atoms with van der Waals surface area (Å²) in [5.41, 5.74) is 2.88. The van der Waals surface area contributed by atoms with Gasteiger partial charge in [0.2, 0.25) is 0 Å². The highest BCUT2D eigenvalue weighted by Crippen LogP contribution is 2.10. The minimum Gasteiger partial charge on any atom is -0.509 e. The van der Waals surface area contributed by atoms with Gasteiger partial charge in [0, 0.05) is 12.3 Å². The van der Waals surface area contributed by atoms with Crippen LogP contribution in [-0.2, 0) is 4.79 Å². The van der Waals surface area contributed by atoms with Crippen molar-refractivity contribution in [3.05, 3.63) is 34.0 Å². The Kier molecular flexibility index (Phi) is 3.78. The van der Waals surface area contributed by atoms with Crippen LogP contribution >= 0.6 is 12.4 Å². The van der Waals surface area contributed by atoms with E-state index in [0.29, 0.717) is 0 Å². The number of aliphatic carboxylic acids is 1. The van der Waals surface area contributed by atoms with E-state index >= 15 is 0 Å². The number of aromatic nitrogens is 3. The Bertz CT molecular complexity index is 740. The molecule has 0 radical (unpaired) electrons. The molecule has 1 atom stereocenters. The van der Waals surface area contributed by atoms with Crippen LogP contribution in [0.2, 0.25) is 0 Å². The fourth-order valence-electron chi connectivity index (χ4n) is 1.45. The quantitative estimate of drug-likeness (QED) is 0.625. The number of pyridine rings is 1. The second-order valence-corrected chi connectivity index (χ2v) is 3.94. The summed E-state index contributed by atoms with van der Waals surface area (Å²) in [5, 5.41) is 22.4. The topological polar surface area (TPSA) is 131 Å². The number of hydrogen-bond acceptors (Lipinski definition) is 6. The molecule has 4 N–H and O–H groups in total. The van der Waals surface area contributed by atoms with Gasteiger partial charge in [-0.25, -0.2) is 14.3 Å². The zero-order valence-electron chi connectivity index (χ0n) is 9.77. The highest BCUT2D eigenvalue weighted by Gasteiger charge is 2.34. The number of carboxylic acids is 1. The molecule has 0 aromatic carbocycles. The van der Waals surface area contributed by atoms with Gasteiger partial charge in [-0.1, -0.05) is 0 Å². The van der Waals surface area contributed by atoms with Crippen molar-refractivity contribution in [1.29, 1.82) is 0 Å². The van der Waals surface area contributed by atoms with Gasteiger partial charge in [0.15, 0.2) is 16.6 Å². The SMILES string of the molecule is CC(N)(C(=O)O)C(O)=c1c(=O)ccn2ncnc12.Cl. The summed E-state index contributed by atoms with van der Waals surface area (Å²) in [6.07, 6.45) is 2.54. The molecule has 0 saturated carbocycles. The molecule has 0 bridgehead atoms. The highest BCUT2D eigenvalue weighted by atomic mass is 35.5. The molecular formula is C10H11ClN4O4. The third kappa shape index (κ3) is 2.23. The Morgan fingerprint density at radius 1 is 1.47 bits per heavy atom. The summed E-state index contributed by atoms with van der Waals surface area (Å²) in [6, 6.07) is 1.14. The molecule has 2 rings (SSSR count). The van der Waals surface area contributed by atoms with Crippen LogP contribution in [0.3, 0.4) is 0 Å². The first-order valence-electron chi connectivity index (χ1n) is 4.94. The maximum atomic E-state index is 11.7. The lowest BCUT2D eigenvalue weighted by molar-refractivity contribution is -0.141. The average Bonchev–Trinajstić information content (AvgIpc) is 2.75. The minimum absolute atomic E-state index is 0. The fraction of sp³-hybridized carbons (Fsp3) is 0.200. The molecule has 0 aliphatic carbocycles. The third-order valence-corrected chi connectivity index (χ3v) is 2.58. The summed E-state index contributed by atoms with van der Waals surface area (Å²) in [7, 11) is 0. The van der Waals surface area contributed by atoms with E-state index in [1.807, 2.05) is 0 Å². The van der Waals surface area contributed by atoms with E-state index in [0.717, 1.165) is 13.0 Å². The van der Waals surface area contributed by atoms with E-state index in [9.17, 15) is 14.7 Å². The number of carbonyl (C=O) groups is 1. The molecule has 1 unspecified atom stereocenters. The van der Waals surface area contributed by atoms with Gasteiger partial charge in [0.05, 0.1) is 0 Å². The van der Waals surface area contributed by atoms with Gasteiger partial charge in [-0.2, -0.15) is 5.10 Å². The maximum Gasteiger partial charge on any atom is 0.331 e. The van der Waals surface area contributed by atoms with Crippen molar-refractivity contribution in [3.8, 4) is 0 Å². The number of halogens is 1. The molecule has 19 heavy (non-hydrogen) atoms. The fourth-order valence-corrected chi connectivity index (χ4v) is 1.45. The van der Waals surface area contributed by atoms with E-state index in [1.165, 1.54) is 17.0 Å². The Labute approximate surface area is 112 Å². The first-order valence-corrected chi connectivity index (χ1v) is 4.94. The summed E-state index contributed by atoms with van der Waals surface area (Å²) in [5.74, 6) is -2.21. The van der Waals surface area contributed by atoms with Crippen LogP contribution in [0.4, 0.5) is 0 Å². The molecule has 2 aromatic rings. The second kappa shape index (κ2) is 4.82. The van der Waals surface area contributed by atoms with Gasteiger partial charge in [-0.05, 0) is 6.92 Å². The standard InChI is InChI=1S/C10H10N4O4.ClH/c1-10(11,9(17)18)7(16)6-5(15)2-3-14-8(6)12-4-13-14;/h2-4,16H,11H2,1H3,(H,17,18);1H. The molecule has 2 aromatic heterocycles. The number of rotatable bonds is 2. The predicted octanol–water partition coefficient (Wildman–Crippen LogP) is -1.30. The lowest BCUT2D eigenvalue weighted by Gasteiger charge is -2.17. The number of carboxylic acid groups (broad SMARTS) is 1. The van der Waals surface area contributed by atoms with E-state index in [1.54, 1.807) is 0 Å². The van der Waals surface area contributed by atoms with Crippen LogP contribution < -0.4 is 16.4 Å².